The van der Waals surface area contributed by atoms with Crippen LogP contribution >= 0.6 is 0 Å². The van der Waals surface area contributed by atoms with E-state index in [-0.39, 0.29) is 18.4 Å². The SMILES string of the molecule is CN(C(=O)OCC1c2ccccc2-c2ccccc21)[C@@H](CC(=O)O)C(=O)N1CCN(C2CCC2)CC1. The Morgan fingerprint density at radius 2 is 1.56 bits per heavy atom. The van der Waals surface area contributed by atoms with Gasteiger partial charge in [0.2, 0.25) is 5.91 Å². The average Bonchev–Trinajstić information content (AvgIpc) is 3.18. The quantitative estimate of drug-likeness (QED) is 0.639. The number of amides is 2. The van der Waals surface area contributed by atoms with E-state index in [9.17, 15) is 19.5 Å². The fraction of sp³-hybridized carbons (Fsp3) is 0.464. The summed E-state index contributed by atoms with van der Waals surface area (Å²) >= 11 is 0. The van der Waals surface area contributed by atoms with Gasteiger partial charge in [0.05, 0.1) is 6.42 Å². The second-order valence-electron chi connectivity index (χ2n) is 9.97. The van der Waals surface area contributed by atoms with Crippen molar-refractivity contribution < 1.29 is 24.2 Å². The van der Waals surface area contributed by atoms with Crippen LogP contribution in [0, 0.1) is 0 Å². The van der Waals surface area contributed by atoms with E-state index in [0.29, 0.717) is 19.1 Å². The number of hydrogen-bond donors (Lipinski definition) is 1. The Morgan fingerprint density at radius 1 is 0.972 bits per heavy atom. The van der Waals surface area contributed by atoms with Crippen molar-refractivity contribution in [2.75, 3.05) is 39.8 Å². The lowest BCUT2D eigenvalue weighted by molar-refractivity contribution is -0.146. The van der Waals surface area contributed by atoms with Gasteiger partial charge in [-0.2, -0.15) is 0 Å². The molecular weight excluding hydrogens is 458 g/mol. The Kier molecular flexibility index (Phi) is 6.96. The van der Waals surface area contributed by atoms with E-state index in [1.54, 1.807) is 4.90 Å². The third-order valence-corrected chi connectivity index (χ3v) is 7.96. The van der Waals surface area contributed by atoms with Gasteiger partial charge in [-0.3, -0.25) is 19.4 Å². The van der Waals surface area contributed by atoms with Gasteiger partial charge in [0.25, 0.3) is 0 Å². The summed E-state index contributed by atoms with van der Waals surface area (Å²) in [5, 5.41) is 9.48. The van der Waals surface area contributed by atoms with Gasteiger partial charge in [-0.1, -0.05) is 55.0 Å². The standard InChI is InChI=1S/C28H33N3O5/c1-29(25(17-26(32)33)27(34)31-15-13-30(14-16-31)19-7-6-8-19)28(35)36-18-24-22-11-4-2-9-20(22)21-10-3-5-12-23(21)24/h2-5,9-12,19,24-25H,6-8,13-18H2,1H3,(H,32,33)/t25-/m0/s1. The molecule has 0 bridgehead atoms. The minimum atomic E-state index is -1.13. The normalized spacial score (nSPS) is 18.6. The van der Waals surface area contributed by atoms with E-state index in [2.05, 4.69) is 17.0 Å². The van der Waals surface area contributed by atoms with Gasteiger partial charge in [-0.05, 0) is 35.1 Å². The van der Waals surface area contributed by atoms with E-state index in [1.165, 1.54) is 26.3 Å². The maximum Gasteiger partial charge on any atom is 0.410 e. The second-order valence-corrected chi connectivity index (χ2v) is 9.97. The molecule has 0 aromatic heterocycles. The molecule has 2 fully saturated rings. The molecule has 1 saturated carbocycles. The Morgan fingerprint density at radius 3 is 2.08 bits per heavy atom. The van der Waals surface area contributed by atoms with Crippen LogP contribution in [0.15, 0.2) is 48.5 Å². The average molecular weight is 492 g/mol. The lowest BCUT2D eigenvalue weighted by Crippen LogP contribution is -2.57. The molecule has 8 heteroatoms. The summed E-state index contributed by atoms with van der Waals surface area (Å²) in [5.41, 5.74) is 4.44. The monoisotopic (exact) mass is 491 g/mol. The molecular formula is C28H33N3O5. The first kappa shape index (κ1) is 24.3. The number of rotatable bonds is 7. The number of benzene rings is 2. The van der Waals surface area contributed by atoms with Gasteiger partial charge in [0.1, 0.15) is 12.6 Å². The molecule has 1 saturated heterocycles. The second kappa shape index (κ2) is 10.3. The van der Waals surface area contributed by atoms with E-state index >= 15 is 0 Å². The molecule has 36 heavy (non-hydrogen) atoms. The molecule has 2 aromatic rings. The van der Waals surface area contributed by atoms with Crippen LogP contribution in [0.25, 0.3) is 11.1 Å². The lowest BCUT2D eigenvalue weighted by Gasteiger charge is -2.43. The van der Waals surface area contributed by atoms with Crippen LogP contribution in [-0.2, 0) is 14.3 Å². The number of piperazine rings is 1. The number of carbonyl (C=O) groups excluding carboxylic acids is 2. The topological polar surface area (TPSA) is 90.4 Å². The van der Waals surface area contributed by atoms with Crippen LogP contribution in [0.3, 0.4) is 0 Å². The van der Waals surface area contributed by atoms with Gasteiger partial charge >= 0.3 is 12.1 Å². The molecule has 1 heterocycles. The highest BCUT2D eigenvalue weighted by atomic mass is 16.6. The number of carbonyl (C=O) groups is 3. The molecule has 2 amide bonds. The lowest BCUT2D eigenvalue weighted by atomic mass is 9.91. The summed E-state index contributed by atoms with van der Waals surface area (Å²) in [6.45, 7) is 2.77. The molecule has 0 radical (unpaired) electrons. The molecule has 8 nitrogen and oxygen atoms in total. The zero-order valence-corrected chi connectivity index (χ0v) is 20.6. The summed E-state index contributed by atoms with van der Waals surface area (Å²) in [5.74, 6) is -1.57. The van der Waals surface area contributed by atoms with Crippen molar-refractivity contribution in [1.82, 2.24) is 14.7 Å². The minimum absolute atomic E-state index is 0.108. The summed E-state index contributed by atoms with van der Waals surface area (Å²) in [4.78, 5) is 43.2. The van der Waals surface area contributed by atoms with Gasteiger partial charge < -0.3 is 14.7 Å². The molecule has 1 N–H and O–H groups in total. The van der Waals surface area contributed by atoms with Crippen molar-refractivity contribution in [2.24, 2.45) is 0 Å². The first-order chi connectivity index (χ1) is 17.4. The van der Waals surface area contributed by atoms with E-state index in [1.807, 2.05) is 36.4 Å². The van der Waals surface area contributed by atoms with Crippen LogP contribution < -0.4 is 0 Å². The van der Waals surface area contributed by atoms with Crippen LogP contribution in [0.5, 0.6) is 0 Å². The Bertz CT molecular complexity index is 1090. The highest BCUT2D eigenvalue weighted by Gasteiger charge is 2.37. The molecule has 1 aliphatic heterocycles. The van der Waals surface area contributed by atoms with Crippen molar-refractivity contribution in [1.29, 1.82) is 0 Å². The van der Waals surface area contributed by atoms with Crippen molar-refractivity contribution in [3.63, 3.8) is 0 Å². The van der Waals surface area contributed by atoms with E-state index in [0.717, 1.165) is 40.2 Å². The number of ether oxygens (including phenoxy) is 1. The van der Waals surface area contributed by atoms with Crippen LogP contribution in [0.1, 0.15) is 42.7 Å². The summed E-state index contributed by atoms with van der Waals surface area (Å²) in [7, 11) is 1.45. The van der Waals surface area contributed by atoms with Gasteiger partial charge in [-0.25, -0.2) is 4.79 Å². The number of aliphatic carboxylic acids is 1. The highest BCUT2D eigenvalue weighted by molar-refractivity contribution is 5.89. The molecule has 2 aliphatic carbocycles. The van der Waals surface area contributed by atoms with E-state index in [4.69, 9.17) is 4.74 Å². The third kappa shape index (κ3) is 4.69. The molecule has 0 spiro atoms. The van der Waals surface area contributed by atoms with Crippen molar-refractivity contribution in [3.05, 3.63) is 59.7 Å². The van der Waals surface area contributed by atoms with E-state index < -0.39 is 24.5 Å². The zero-order chi connectivity index (χ0) is 25.2. The maximum absolute atomic E-state index is 13.3. The Labute approximate surface area is 211 Å². The number of fused-ring (bicyclic) bond motifs is 3. The molecule has 3 aliphatic rings. The van der Waals surface area contributed by atoms with Crippen LogP contribution in [0.4, 0.5) is 4.79 Å². The molecule has 1 atom stereocenters. The summed E-state index contributed by atoms with van der Waals surface area (Å²) in [6, 6.07) is 15.6. The van der Waals surface area contributed by atoms with Gasteiger partial charge in [0, 0.05) is 45.2 Å². The summed E-state index contributed by atoms with van der Waals surface area (Å²) < 4.78 is 5.69. The smallest absolute Gasteiger partial charge is 0.410 e. The number of carboxylic acids is 1. The van der Waals surface area contributed by atoms with Crippen LogP contribution in [-0.4, -0.2) is 89.7 Å². The molecule has 5 rings (SSSR count). The first-order valence-electron chi connectivity index (χ1n) is 12.8. The molecule has 2 aromatic carbocycles. The number of nitrogens with zero attached hydrogens (tertiary/aromatic N) is 3. The number of carboxylic acid groups (broad SMARTS) is 1. The van der Waals surface area contributed by atoms with Crippen LogP contribution in [0.2, 0.25) is 0 Å². The maximum atomic E-state index is 13.3. The fourth-order valence-electron chi connectivity index (χ4n) is 5.65. The minimum Gasteiger partial charge on any atom is -0.481 e. The van der Waals surface area contributed by atoms with Crippen molar-refractivity contribution in [3.8, 4) is 11.1 Å². The molecule has 190 valence electrons. The predicted molar refractivity (Wildman–Crippen MR) is 135 cm³/mol. The number of hydrogen-bond acceptors (Lipinski definition) is 5. The summed E-state index contributed by atoms with van der Waals surface area (Å²) in [6.07, 6.45) is 2.53. The van der Waals surface area contributed by atoms with Crippen molar-refractivity contribution in [2.45, 2.75) is 43.7 Å². The Balaban J connectivity index is 1.24. The zero-order valence-electron chi connectivity index (χ0n) is 20.6. The predicted octanol–water partition coefficient (Wildman–Crippen LogP) is 3.41. The third-order valence-electron chi connectivity index (χ3n) is 7.96. The highest BCUT2D eigenvalue weighted by Crippen LogP contribution is 2.44. The first-order valence-corrected chi connectivity index (χ1v) is 12.8. The van der Waals surface area contributed by atoms with Crippen molar-refractivity contribution >= 4 is 18.0 Å². The van der Waals surface area contributed by atoms with Gasteiger partial charge in [0.15, 0.2) is 0 Å². The number of likely N-dealkylation sites (N-methyl/N-ethyl adjacent to an activating group) is 1. The Hall–Kier alpha value is -3.39. The largest absolute Gasteiger partial charge is 0.481 e. The fourth-order valence-corrected chi connectivity index (χ4v) is 5.65. The van der Waals surface area contributed by atoms with Gasteiger partial charge in [-0.15, -0.1) is 0 Å². The molecule has 0 unspecified atom stereocenters.